The zero-order chi connectivity index (χ0) is 14.7. The van der Waals surface area contributed by atoms with Gasteiger partial charge in [0.15, 0.2) is 0 Å². The molecule has 20 heavy (non-hydrogen) atoms. The zero-order valence-electron chi connectivity index (χ0n) is 11.1. The number of hydrogen-bond acceptors (Lipinski definition) is 6. The molecule has 2 rings (SSSR count). The number of hydrogen-bond donors (Lipinski definition) is 1. The number of anilines is 1. The number of rotatable bonds is 4. The smallest absolute Gasteiger partial charge is 0.340 e. The first-order chi connectivity index (χ1) is 9.52. The van der Waals surface area contributed by atoms with E-state index in [0.717, 1.165) is 0 Å². The van der Waals surface area contributed by atoms with E-state index in [0.29, 0.717) is 25.2 Å². The Kier molecular flexibility index (Phi) is 4.19. The highest BCUT2D eigenvalue weighted by Crippen LogP contribution is 2.29. The van der Waals surface area contributed by atoms with Crippen LogP contribution in [0, 0.1) is 10.1 Å². The molecule has 1 fully saturated rings. The normalized spacial score (nSPS) is 18.1. The Morgan fingerprint density at radius 1 is 1.60 bits per heavy atom. The number of esters is 1. The van der Waals surface area contributed by atoms with Gasteiger partial charge in [-0.25, -0.2) is 4.79 Å². The number of carbonyl (C=O) groups is 1. The van der Waals surface area contributed by atoms with E-state index in [-0.39, 0.29) is 17.9 Å². The van der Waals surface area contributed by atoms with Crippen molar-refractivity contribution < 1.29 is 19.6 Å². The summed E-state index contributed by atoms with van der Waals surface area (Å²) in [5.41, 5.74) is 0.567. The maximum absolute atomic E-state index is 11.9. The molecule has 0 bridgehead atoms. The summed E-state index contributed by atoms with van der Waals surface area (Å²) in [5.74, 6) is -0.590. The molecule has 1 atom stereocenters. The third-order valence-corrected chi connectivity index (χ3v) is 3.19. The van der Waals surface area contributed by atoms with Crippen LogP contribution >= 0.6 is 0 Å². The molecule has 1 N–H and O–H groups in total. The molecule has 7 nitrogen and oxygen atoms in total. The molecule has 0 unspecified atom stereocenters. The molecule has 108 valence electrons. The molecule has 0 saturated carbocycles. The number of β-amino-alcohol motifs (C(OH)–C–C–N with tert-alkyl or cyclic N) is 1. The standard InChI is InChI=1S/C13H16N2O5/c1-2-20-13(17)11-7-9(15(18)19)3-4-12(11)14-6-5-10(16)8-14/h3-4,7,10,16H,2,5-6,8H2,1H3/t10-/m1/s1. The second kappa shape index (κ2) is 5.87. The molecule has 0 radical (unpaired) electrons. The summed E-state index contributed by atoms with van der Waals surface area (Å²) in [6.07, 6.45) is 0.166. The van der Waals surface area contributed by atoms with E-state index in [1.165, 1.54) is 18.2 Å². The van der Waals surface area contributed by atoms with Crippen molar-refractivity contribution in [2.24, 2.45) is 0 Å². The second-order valence-electron chi connectivity index (χ2n) is 4.57. The number of benzene rings is 1. The predicted molar refractivity (Wildman–Crippen MR) is 71.9 cm³/mol. The Labute approximate surface area is 115 Å². The van der Waals surface area contributed by atoms with Crippen molar-refractivity contribution in [3.8, 4) is 0 Å². The summed E-state index contributed by atoms with van der Waals surface area (Å²) >= 11 is 0. The van der Waals surface area contributed by atoms with Gasteiger partial charge in [0, 0.05) is 25.2 Å². The minimum Gasteiger partial charge on any atom is -0.462 e. The van der Waals surface area contributed by atoms with Gasteiger partial charge in [0.2, 0.25) is 0 Å². The van der Waals surface area contributed by atoms with Crippen molar-refractivity contribution in [3.63, 3.8) is 0 Å². The molecule has 0 spiro atoms. The molecule has 0 aromatic heterocycles. The average Bonchev–Trinajstić information content (AvgIpc) is 2.84. The van der Waals surface area contributed by atoms with Gasteiger partial charge < -0.3 is 14.7 Å². The lowest BCUT2D eigenvalue weighted by Gasteiger charge is -2.20. The van der Waals surface area contributed by atoms with Crippen molar-refractivity contribution in [3.05, 3.63) is 33.9 Å². The van der Waals surface area contributed by atoms with Crippen molar-refractivity contribution in [2.45, 2.75) is 19.4 Å². The molecular formula is C13H16N2O5. The van der Waals surface area contributed by atoms with Gasteiger partial charge in [-0.15, -0.1) is 0 Å². The molecule has 1 aromatic carbocycles. The van der Waals surface area contributed by atoms with Gasteiger partial charge in [-0.1, -0.05) is 0 Å². The minimum absolute atomic E-state index is 0.156. The van der Waals surface area contributed by atoms with Crippen molar-refractivity contribution >= 4 is 17.3 Å². The van der Waals surface area contributed by atoms with Crippen LogP contribution in [0.3, 0.4) is 0 Å². The van der Waals surface area contributed by atoms with Crippen LogP contribution < -0.4 is 4.90 Å². The third-order valence-electron chi connectivity index (χ3n) is 3.19. The first-order valence-corrected chi connectivity index (χ1v) is 6.41. The van der Waals surface area contributed by atoms with Gasteiger partial charge in [-0.2, -0.15) is 0 Å². The van der Waals surface area contributed by atoms with Crippen molar-refractivity contribution in [1.82, 2.24) is 0 Å². The topological polar surface area (TPSA) is 92.9 Å². The highest BCUT2D eigenvalue weighted by atomic mass is 16.6. The Morgan fingerprint density at radius 3 is 2.90 bits per heavy atom. The van der Waals surface area contributed by atoms with E-state index in [4.69, 9.17) is 4.74 Å². The fourth-order valence-electron chi connectivity index (χ4n) is 2.25. The largest absolute Gasteiger partial charge is 0.462 e. The quantitative estimate of drug-likeness (QED) is 0.508. The second-order valence-corrected chi connectivity index (χ2v) is 4.57. The number of aliphatic hydroxyl groups is 1. The lowest BCUT2D eigenvalue weighted by molar-refractivity contribution is -0.384. The van der Waals surface area contributed by atoms with Crippen molar-refractivity contribution in [1.29, 1.82) is 0 Å². The number of nitro groups is 1. The first kappa shape index (κ1) is 14.3. The summed E-state index contributed by atoms with van der Waals surface area (Å²) in [6.45, 7) is 2.88. The van der Waals surface area contributed by atoms with E-state index in [2.05, 4.69) is 0 Å². The number of ether oxygens (including phenoxy) is 1. The Bertz CT molecular complexity index is 531. The number of nitro benzene ring substituents is 1. The maximum atomic E-state index is 11.9. The predicted octanol–water partition coefficient (Wildman–Crippen LogP) is 1.34. The van der Waals surface area contributed by atoms with Crippen LogP contribution in [0.5, 0.6) is 0 Å². The van der Waals surface area contributed by atoms with Gasteiger partial charge >= 0.3 is 5.97 Å². The van der Waals surface area contributed by atoms with Gasteiger partial charge in [0.25, 0.3) is 5.69 Å². The van der Waals surface area contributed by atoms with Crippen LogP contribution in [-0.4, -0.2) is 41.8 Å². The van der Waals surface area contributed by atoms with Gasteiger partial charge in [-0.3, -0.25) is 10.1 Å². The monoisotopic (exact) mass is 280 g/mol. The number of non-ortho nitro benzene ring substituents is 1. The summed E-state index contributed by atoms with van der Waals surface area (Å²) in [6, 6.07) is 4.10. The fourth-order valence-corrected chi connectivity index (χ4v) is 2.25. The van der Waals surface area contributed by atoms with Crippen LogP contribution in [0.4, 0.5) is 11.4 Å². The molecule has 0 amide bonds. The van der Waals surface area contributed by atoms with E-state index in [1.54, 1.807) is 6.92 Å². The third kappa shape index (κ3) is 2.88. The lowest BCUT2D eigenvalue weighted by atomic mass is 10.1. The Morgan fingerprint density at radius 2 is 2.35 bits per heavy atom. The molecule has 0 aliphatic carbocycles. The fraction of sp³-hybridized carbons (Fsp3) is 0.462. The molecule has 1 aliphatic rings. The Hall–Kier alpha value is -2.15. The summed E-state index contributed by atoms with van der Waals surface area (Å²) < 4.78 is 4.94. The molecule has 1 heterocycles. The van der Waals surface area contributed by atoms with E-state index >= 15 is 0 Å². The number of nitrogens with zero attached hydrogens (tertiary/aromatic N) is 2. The van der Waals surface area contributed by atoms with E-state index < -0.39 is 17.0 Å². The zero-order valence-corrected chi connectivity index (χ0v) is 11.1. The average molecular weight is 280 g/mol. The molecule has 1 aromatic rings. The number of carbonyl (C=O) groups excluding carboxylic acids is 1. The van der Waals surface area contributed by atoms with Crippen LogP contribution in [-0.2, 0) is 4.74 Å². The maximum Gasteiger partial charge on any atom is 0.340 e. The van der Waals surface area contributed by atoms with Crippen LogP contribution in [0.1, 0.15) is 23.7 Å². The summed E-state index contributed by atoms with van der Waals surface area (Å²) in [7, 11) is 0. The summed E-state index contributed by atoms with van der Waals surface area (Å²) in [5, 5.41) is 20.4. The molecule has 1 aliphatic heterocycles. The summed E-state index contributed by atoms with van der Waals surface area (Å²) in [4.78, 5) is 24.0. The van der Waals surface area contributed by atoms with Crippen LogP contribution in [0.15, 0.2) is 18.2 Å². The van der Waals surface area contributed by atoms with Gasteiger partial charge in [-0.05, 0) is 19.4 Å². The SMILES string of the molecule is CCOC(=O)c1cc([N+](=O)[O-])ccc1N1CC[C@@H](O)C1. The van der Waals surface area contributed by atoms with Crippen molar-refractivity contribution in [2.75, 3.05) is 24.6 Å². The van der Waals surface area contributed by atoms with Crippen LogP contribution in [0.25, 0.3) is 0 Å². The van der Waals surface area contributed by atoms with E-state index in [1.807, 2.05) is 4.90 Å². The minimum atomic E-state index is -0.590. The van der Waals surface area contributed by atoms with Gasteiger partial charge in [0.05, 0.1) is 28.9 Å². The lowest BCUT2D eigenvalue weighted by Crippen LogP contribution is -2.24. The van der Waals surface area contributed by atoms with Crippen LogP contribution in [0.2, 0.25) is 0 Å². The highest BCUT2D eigenvalue weighted by molar-refractivity contribution is 5.96. The highest BCUT2D eigenvalue weighted by Gasteiger charge is 2.26. The molecule has 1 saturated heterocycles. The molecular weight excluding hydrogens is 264 g/mol. The van der Waals surface area contributed by atoms with Gasteiger partial charge in [0.1, 0.15) is 0 Å². The van der Waals surface area contributed by atoms with E-state index in [9.17, 15) is 20.0 Å². The Balaban J connectivity index is 2.39. The molecule has 7 heteroatoms. The number of aliphatic hydroxyl groups excluding tert-OH is 1. The first-order valence-electron chi connectivity index (χ1n) is 6.41.